The zero-order valence-electron chi connectivity index (χ0n) is 20.2. The van der Waals surface area contributed by atoms with E-state index in [2.05, 4.69) is 51.0 Å². The van der Waals surface area contributed by atoms with Crippen molar-refractivity contribution in [2.45, 2.75) is 45.8 Å². The molecule has 2 aliphatic rings. The molecule has 6 rings (SSSR count). The average Bonchev–Trinajstić information content (AvgIpc) is 3.50. The second-order valence-electron chi connectivity index (χ2n) is 9.82. The summed E-state index contributed by atoms with van der Waals surface area (Å²) in [5, 5.41) is 4.96. The molecule has 0 spiro atoms. The predicted molar refractivity (Wildman–Crippen MR) is 140 cm³/mol. The van der Waals surface area contributed by atoms with Crippen LogP contribution in [-0.2, 0) is 37.2 Å². The molecule has 0 amide bonds. The summed E-state index contributed by atoms with van der Waals surface area (Å²) < 4.78 is 7.62. The van der Waals surface area contributed by atoms with E-state index in [0.717, 1.165) is 81.2 Å². The van der Waals surface area contributed by atoms with Crippen LogP contribution in [0.1, 0.15) is 40.7 Å². The van der Waals surface area contributed by atoms with Crippen molar-refractivity contribution < 1.29 is 4.74 Å². The Morgan fingerprint density at radius 2 is 2.03 bits per heavy atom. The van der Waals surface area contributed by atoms with E-state index in [1.54, 1.807) is 0 Å². The Morgan fingerprint density at radius 1 is 1.14 bits per heavy atom. The first-order chi connectivity index (χ1) is 17.2. The number of aromatic nitrogens is 4. The van der Waals surface area contributed by atoms with Crippen LogP contribution in [0.15, 0.2) is 43.0 Å². The van der Waals surface area contributed by atoms with E-state index in [0.29, 0.717) is 0 Å². The zero-order chi connectivity index (χ0) is 23.6. The molecule has 1 aliphatic heterocycles. The number of aryl methyl sites for hydroxylation is 1. The summed E-state index contributed by atoms with van der Waals surface area (Å²) in [7, 11) is 0. The van der Waals surface area contributed by atoms with Crippen molar-refractivity contribution in [3.05, 3.63) is 70.4 Å². The Morgan fingerprint density at radius 3 is 2.89 bits per heavy atom. The summed E-state index contributed by atoms with van der Waals surface area (Å²) >= 11 is 1.88. The summed E-state index contributed by atoms with van der Waals surface area (Å²) in [5.74, 6) is 2.64. The van der Waals surface area contributed by atoms with Crippen molar-refractivity contribution in [2.75, 3.05) is 31.6 Å². The highest BCUT2D eigenvalue weighted by Gasteiger charge is 2.24. The Balaban J connectivity index is 1.28. The van der Waals surface area contributed by atoms with E-state index in [1.165, 1.54) is 33.4 Å². The molecule has 1 aromatic carbocycles. The van der Waals surface area contributed by atoms with Gasteiger partial charge in [-0.3, -0.25) is 4.90 Å². The standard InChI is InChI=1S/C27H32N6OS/c1-19-5-6-22-23(13-19)35-27-25(22)26(30-24(31-27)17-32-9-11-34-12-10-32)29-15-20-3-2-4-21(14-20)16-33-8-7-28-18-33/h2-4,7-8,14,18-19H,5-6,9-13,15-17H2,1H3,(H,29,30,31)/t19-/m0/s1. The van der Waals surface area contributed by atoms with Gasteiger partial charge in [0.1, 0.15) is 16.5 Å². The van der Waals surface area contributed by atoms with Gasteiger partial charge in [-0.2, -0.15) is 0 Å². The Hall–Kier alpha value is -2.81. The molecule has 1 aliphatic carbocycles. The van der Waals surface area contributed by atoms with Crippen LogP contribution in [0.4, 0.5) is 5.82 Å². The second-order valence-corrected chi connectivity index (χ2v) is 10.9. The number of nitrogens with zero attached hydrogens (tertiary/aromatic N) is 5. The topological polar surface area (TPSA) is 68.1 Å². The highest BCUT2D eigenvalue weighted by atomic mass is 32.1. The predicted octanol–water partition coefficient (Wildman–Crippen LogP) is 4.51. The maximum atomic E-state index is 5.53. The second kappa shape index (κ2) is 10.0. The average molecular weight is 489 g/mol. The molecule has 3 aromatic heterocycles. The van der Waals surface area contributed by atoms with Crippen molar-refractivity contribution in [3.8, 4) is 0 Å². The Kier molecular flexibility index (Phi) is 6.50. The molecule has 0 unspecified atom stereocenters. The smallest absolute Gasteiger partial charge is 0.146 e. The molecule has 1 atom stereocenters. The number of benzene rings is 1. The van der Waals surface area contributed by atoms with Gasteiger partial charge in [-0.15, -0.1) is 11.3 Å². The van der Waals surface area contributed by atoms with Crippen molar-refractivity contribution >= 4 is 27.4 Å². The Bertz CT molecular complexity index is 1290. The van der Waals surface area contributed by atoms with Crippen molar-refractivity contribution in [2.24, 2.45) is 5.92 Å². The number of fused-ring (bicyclic) bond motifs is 3. The molecule has 35 heavy (non-hydrogen) atoms. The number of ether oxygens (including phenoxy) is 1. The third kappa shape index (κ3) is 5.10. The molecule has 0 bridgehead atoms. The van der Waals surface area contributed by atoms with Gasteiger partial charge in [-0.1, -0.05) is 31.2 Å². The van der Waals surface area contributed by atoms with Gasteiger partial charge in [0.25, 0.3) is 0 Å². The number of imidazole rings is 1. The van der Waals surface area contributed by atoms with Gasteiger partial charge in [-0.25, -0.2) is 15.0 Å². The lowest BCUT2D eigenvalue weighted by molar-refractivity contribution is 0.0331. The van der Waals surface area contributed by atoms with Crippen LogP contribution < -0.4 is 5.32 Å². The largest absolute Gasteiger partial charge is 0.379 e. The number of nitrogens with one attached hydrogen (secondary N) is 1. The third-order valence-electron chi connectivity index (χ3n) is 7.05. The minimum atomic E-state index is 0.738. The first kappa shape index (κ1) is 22.6. The SMILES string of the molecule is C[C@H]1CCc2c(sc3nc(CN4CCOCC4)nc(NCc4cccc(Cn5ccnc5)c4)c23)C1. The number of hydrogen-bond donors (Lipinski definition) is 1. The molecule has 1 saturated heterocycles. The first-order valence-corrected chi connectivity index (χ1v) is 13.4. The lowest BCUT2D eigenvalue weighted by Gasteiger charge is -2.26. The van der Waals surface area contributed by atoms with Crippen LogP contribution in [0.25, 0.3) is 10.2 Å². The van der Waals surface area contributed by atoms with E-state index in [1.807, 2.05) is 30.1 Å². The molecule has 4 aromatic rings. The monoisotopic (exact) mass is 488 g/mol. The molecule has 0 saturated carbocycles. The summed E-state index contributed by atoms with van der Waals surface area (Å²) in [4.78, 5) is 19.3. The molecule has 4 heterocycles. The van der Waals surface area contributed by atoms with Crippen LogP contribution >= 0.6 is 11.3 Å². The molecule has 0 radical (unpaired) electrons. The van der Waals surface area contributed by atoms with Crippen molar-refractivity contribution in [1.82, 2.24) is 24.4 Å². The van der Waals surface area contributed by atoms with Crippen LogP contribution in [-0.4, -0.2) is 50.7 Å². The van der Waals surface area contributed by atoms with E-state index in [4.69, 9.17) is 14.7 Å². The molecular formula is C27H32N6OS. The fourth-order valence-corrected chi connectivity index (χ4v) is 6.56. The van der Waals surface area contributed by atoms with Crippen LogP contribution in [0.2, 0.25) is 0 Å². The molecule has 7 nitrogen and oxygen atoms in total. The minimum Gasteiger partial charge on any atom is -0.379 e. The van der Waals surface area contributed by atoms with Crippen LogP contribution in [0, 0.1) is 5.92 Å². The third-order valence-corrected chi connectivity index (χ3v) is 8.19. The van der Waals surface area contributed by atoms with Gasteiger partial charge in [-0.05, 0) is 41.9 Å². The van der Waals surface area contributed by atoms with E-state index < -0.39 is 0 Å². The quantitative estimate of drug-likeness (QED) is 0.413. The zero-order valence-corrected chi connectivity index (χ0v) is 21.1. The van der Waals surface area contributed by atoms with Gasteiger partial charge in [0.2, 0.25) is 0 Å². The van der Waals surface area contributed by atoms with Crippen molar-refractivity contribution in [3.63, 3.8) is 0 Å². The highest BCUT2D eigenvalue weighted by Crippen LogP contribution is 2.40. The minimum absolute atomic E-state index is 0.738. The Labute approximate surface area is 210 Å². The lowest BCUT2D eigenvalue weighted by atomic mass is 9.89. The van der Waals surface area contributed by atoms with Gasteiger partial charge < -0.3 is 14.6 Å². The van der Waals surface area contributed by atoms with Gasteiger partial charge >= 0.3 is 0 Å². The fraction of sp³-hybridized carbons (Fsp3) is 0.444. The van der Waals surface area contributed by atoms with Gasteiger partial charge in [0, 0.05) is 43.4 Å². The maximum absolute atomic E-state index is 5.53. The molecule has 182 valence electrons. The number of anilines is 1. The summed E-state index contributed by atoms with van der Waals surface area (Å²) in [6, 6.07) is 8.76. The summed E-state index contributed by atoms with van der Waals surface area (Å²) in [6.45, 7) is 8.14. The molecular weight excluding hydrogens is 456 g/mol. The van der Waals surface area contributed by atoms with Crippen molar-refractivity contribution in [1.29, 1.82) is 0 Å². The normalized spacial score (nSPS) is 18.6. The molecule has 8 heteroatoms. The highest BCUT2D eigenvalue weighted by molar-refractivity contribution is 7.19. The van der Waals surface area contributed by atoms with E-state index >= 15 is 0 Å². The number of thiophene rings is 1. The van der Waals surface area contributed by atoms with Gasteiger partial charge in [0.05, 0.1) is 31.5 Å². The molecule has 1 N–H and O–H groups in total. The van der Waals surface area contributed by atoms with Crippen LogP contribution in [0.3, 0.4) is 0 Å². The molecule has 1 fully saturated rings. The number of morpholine rings is 1. The summed E-state index contributed by atoms with van der Waals surface area (Å²) in [5.41, 5.74) is 3.99. The number of hydrogen-bond acceptors (Lipinski definition) is 7. The van der Waals surface area contributed by atoms with E-state index in [9.17, 15) is 0 Å². The number of rotatable bonds is 7. The summed E-state index contributed by atoms with van der Waals surface area (Å²) in [6.07, 6.45) is 9.20. The van der Waals surface area contributed by atoms with E-state index in [-0.39, 0.29) is 0 Å². The first-order valence-electron chi connectivity index (χ1n) is 12.6. The maximum Gasteiger partial charge on any atom is 0.146 e. The van der Waals surface area contributed by atoms with Gasteiger partial charge in [0.15, 0.2) is 0 Å². The lowest BCUT2D eigenvalue weighted by Crippen LogP contribution is -2.36. The van der Waals surface area contributed by atoms with Crippen LogP contribution in [0.5, 0.6) is 0 Å². The fourth-order valence-electron chi connectivity index (χ4n) is 5.16.